The average molecular weight is 360 g/mol. The summed E-state index contributed by atoms with van der Waals surface area (Å²) in [5, 5.41) is 9.61. The van der Waals surface area contributed by atoms with Gasteiger partial charge in [-0.15, -0.1) is 11.3 Å². The zero-order chi connectivity index (χ0) is 17.4. The van der Waals surface area contributed by atoms with Gasteiger partial charge in [-0.25, -0.2) is 0 Å². The molecule has 0 bridgehead atoms. The molecule has 4 rings (SSSR count). The maximum Gasteiger partial charge on any atom is 0.271 e. The van der Waals surface area contributed by atoms with Gasteiger partial charge in [0.2, 0.25) is 0 Å². The molecule has 132 valence electrons. The molecule has 2 aliphatic rings. The topological polar surface area (TPSA) is 87.3 Å². The number of hydrogen-bond acceptors (Lipinski definition) is 5. The highest BCUT2D eigenvalue weighted by Gasteiger charge is 2.29. The number of aromatic nitrogens is 2. The van der Waals surface area contributed by atoms with Gasteiger partial charge in [0.15, 0.2) is 5.69 Å². The van der Waals surface area contributed by atoms with Crippen LogP contribution in [-0.4, -0.2) is 47.1 Å². The van der Waals surface area contributed by atoms with E-state index < -0.39 is 0 Å². The standard InChI is InChI=1S/C17H20N4O3S/c1-18-16(22)15-10-9-21(7-6-11(10)19-20-15)17(23)14-5-4-13(25-14)12-3-2-8-24-12/h4-5,12H,2-3,6-9H2,1H3,(H,18,22)(H,19,20)/t12-/m0/s1. The van der Waals surface area contributed by atoms with E-state index in [0.29, 0.717) is 25.2 Å². The molecule has 4 heterocycles. The molecule has 25 heavy (non-hydrogen) atoms. The Hall–Kier alpha value is -2.19. The van der Waals surface area contributed by atoms with Gasteiger partial charge in [0.25, 0.3) is 11.8 Å². The van der Waals surface area contributed by atoms with E-state index in [1.807, 2.05) is 12.1 Å². The van der Waals surface area contributed by atoms with Crippen LogP contribution < -0.4 is 5.32 Å². The Morgan fingerprint density at radius 1 is 1.44 bits per heavy atom. The monoisotopic (exact) mass is 360 g/mol. The van der Waals surface area contributed by atoms with Crippen LogP contribution >= 0.6 is 11.3 Å². The molecule has 2 N–H and O–H groups in total. The van der Waals surface area contributed by atoms with Crippen molar-refractivity contribution in [1.82, 2.24) is 20.4 Å². The summed E-state index contributed by atoms with van der Waals surface area (Å²) in [4.78, 5) is 28.4. The molecule has 2 aromatic heterocycles. The number of nitrogens with one attached hydrogen (secondary N) is 2. The second kappa shape index (κ2) is 6.61. The molecule has 1 fully saturated rings. The molecule has 0 spiro atoms. The molecule has 0 saturated carbocycles. The zero-order valence-electron chi connectivity index (χ0n) is 14.0. The number of H-pyrrole nitrogens is 1. The molecule has 0 aliphatic carbocycles. The van der Waals surface area contributed by atoms with Crippen LogP contribution in [0, 0.1) is 0 Å². The molecule has 0 radical (unpaired) electrons. The molecule has 0 unspecified atom stereocenters. The van der Waals surface area contributed by atoms with Gasteiger partial charge in [-0.2, -0.15) is 5.10 Å². The maximum atomic E-state index is 12.9. The second-order valence-electron chi connectivity index (χ2n) is 6.29. The summed E-state index contributed by atoms with van der Waals surface area (Å²) in [6.07, 6.45) is 2.90. The minimum atomic E-state index is -0.233. The van der Waals surface area contributed by atoms with E-state index in [0.717, 1.165) is 40.5 Å². The predicted molar refractivity (Wildman–Crippen MR) is 92.7 cm³/mol. The number of fused-ring (bicyclic) bond motifs is 1. The van der Waals surface area contributed by atoms with Gasteiger partial charge in [-0.05, 0) is 25.0 Å². The molecular formula is C17H20N4O3S. The summed E-state index contributed by atoms with van der Waals surface area (Å²) >= 11 is 1.51. The largest absolute Gasteiger partial charge is 0.373 e. The molecule has 7 nitrogen and oxygen atoms in total. The molecule has 2 aliphatic heterocycles. The highest BCUT2D eigenvalue weighted by molar-refractivity contribution is 7.14. The number of thiophene rings is 1. The number of carbonyl (C=O) groups excluding carboxylic acids is 2. The van der Waals surface area contributed by atoms with Crippen LogP contribution in [0.25, 0.3) is 0 Å². The van der Waals surface area contributed by atoms with Crippen LogP contribution in [0.15, 0.2) is 12.1 Å². The Kier molecular flexibility index (Phi) is 4.30. The third-order valence-corrected chi connectivity index (χ3v) is 5.91. The maximum absolute atomic E-state index is 12.9. The number of aromatic amines is 1. The average Bonchev–Trinajstić information content (AvgIpc) is 3.39. The van der Waals surface area contributed by atoms with Crippen molar-refractivity contribution in [3.8, 4) is 0 Å². The van der Waals surface area contributed by atoms with Gasteiger partial charge in [0.05, 0.1) is 17.5 Å². The summed E-state index contributed by atoms with van der Waals surface area (Å²) in [5.74, 6) is -0.229. The molecule has 2 aromatic rings. The summed E-state index contributed by atoms with van der Waals surface area (Å²) in [6, 6.07) is 3.88. The minimum Gasteiger partial charge on any atom is -0.373 e. The lowest BCUT2D eigenvalue weighted by molar-refractivity contribution is 0.0736. The van der Waals surface area contributed by atoms with Crippen LogP contribution in [-0.2, 0) is 17.7 Å². The molecule has 2 amide bonds. The number of carbonyl (C=O) groups is 2. The van der Waals surface area contributed by atoms with E-state index in [1.54, 1.807) is 11.9 Å². The molecule has 1 atom stereocenters. The van der Waals surface area contributed by atoms with E-state index in [-0.39, 0.29) is 17.9 Å². The first-order valence-corrected chi connectivity index (χ1v) is 9.28. The summed E-state index contributed by atoms with van der Waals surface area (Å²) in [5.41, 5.74) is 2.13. The Balaban J connectivity index is 1.52. The summed E-state index contributed by atoms with van der Waals surface area (Å²) in [7, 11) is 1.58. The fourth-order valence-corrected chi connectivity index (χ4v) is 4.43. The van der Waals surface area contributed by atoms with Crippen molar-refractivity contribution in [1.29, 1.82) is 0 Å². The normalized spacial score (nSPS) is 19.7. The number of rotatable bonds is 3. The van der Waals surface area contributed by atoms with E-state index in [4.69, 9.17) is 4.74 Å². The summed E-state index contributed by atoms with van der Waals surface area (Å²) in [6.45, 7) is 1.82. The van der Waals surface area contributed by atoms with Crippen molar-refractivity contribution in [2.24, 2.45) is 0 Å². The van der Waals surface area contributed by atoms with Gasteiger partial charge in [0.1, 0.15) is 0 Å². The first kappa shape index (κ1) is 16.3. The lowest BCUT2D eigenvalue weighted by Crippen LogP contribution is -2.36. The fourth-order valence-electron chi connectivity index (χ4n) is 3.37. The Morgan fingerprint density at radius 2 is 2.32 bits per heavy atom. The van der Waals surface area contributed by atoms with Crippen molar-refractivity contribution in [2.75, 3.05) is 20.2 Å². The summed E-state index contributed by atoms with van der Waals surface area (Å²) < 4.78 is 5.70. The predicted octanol–water partition coefficient (Wildman–Crippen LogP) is 1.88. The zero-order valence-corrected chi connectivity index (χ0v) is 14.8. The van der Waals surface area contributed by atoms with Crippen molar-refractivity contribution >= 4 is 23.2 Å². The van der Waals surface area contributed by atoms with E-state index in [2.05, 4.69) is 15.5 Å². The van der Waals surface area contributed by atoms with Crippen LogP contribution in [0.3, 0.4) is 0 Å². The van der Waals surface area contributed by atoms with Crippen LogP contribution in [0.2, 0.25) is 0 Å². The lowest BCUT2D eigenvalue weighted by Gasteiger charge is -2.26. The van der Waals surface area contributed by atoms with E-state index >= 15 is 0 Å². The molecule has 8 heteroatoms. The van der Waals surface area contributed by atoms with Gasteiger partial charge in [-0.3, -0.25) is 14.7 Å². The van der Waals surface area contributed by atoms with Gasteiger partial charge in [0, 0.05) is 42.8 Å². The fraction of sp³-hybridized carbons (Fsp3) is 0.471. The third kappa shape index (κ3) is 2.96. The van der Waals surface area contributed by atoms with Gasteiger partial charge < -0.3 is 15.0 Å². The smallest absolute Gasteiger partial charge is 0.271 e. The highest BCUT2D eigenvalue weighted by atomic mass is 32.1. The quantitative estimate of drug-likeness (QED) is 0.875. The van der Waals surface area contributed by atoms with E-state index in [1.165, 1.54) is 11.3 Å². The van der Waals surface area contributed by atoms with E-state index in [9.17, 15) is 9.59 Å². The van der Waals surface area contributed by atoms with Crippen molar-refractivity contribution in [3.63, 3.8) is 0 Å². The van der Waals surface area contributed by atoms with Crippen LogP contribution in [0.4, 0.5) is 0 Å². The van der Waals surface area contributed by atoms with Crippen molar-refractivity contribution in [2.45, 2.75) is 31.9 Å². The minimum absolute atomic E-state index is 0.00366. The van der Waals surface area contributed by atoms with Gasteiger partial charge in [-0.1, -0.05) is 0 Å². The number of hydrogen-bond donors (Lipinski definition) is 2. The van der Waals surface area contributed by atoms with Crippen molar-refractivity contribution in [3.05, 3.63) is 38.8 Å². The Bertz CT molecular complexity index is 807. The number of amides is 2. The Morgan fingerprint density at radius 3 is 3.08 bits per heavy atom. The first-order valence-electron chi connectivity index (χ1n) is 8.46. The highest BCUT2D eigenvalue weighted by Crippen LogP contribution is 2.34. The van der Waals surface area contributed by atoms with Crippen LogP contribution in [0.1, 0.15) is 55.2 Å². The molecular weight excluding hydrogens is 340 g/mol. The number of nitrogens with zero attached hydrogens (tertiary/aromatic N) is 2. The Labute approximate surface area is 149 Å². The number of ether oxygens (including phenoxy) is 1. The first-order chi connectivity index (χ1) is 12.2. The van der Waals surface area contributed by atoms with Gasteiger partial charge >= 0.3 is 0 Å². The SMILES string of the molecule is CNC(=O)c1n[nH]c2c1CN(C(=O)c1ccc([C@@H]3CCCO3)s1)CC2. The van der Waals surface area contributed by atoms with Crippen LogP contribution in [0.5, 0.6) is 0 Å². The van der Waals surface area contributed by atoms with Crippen molar-refractivity contribution < 1.29 is 14.3 Å². The lowest BCUT2D eigenvalue weighted by atomic mass is 10.0. The second-order valence-corrected chi connectivity index (χ2v) is 7.40. The molecule has 1 saturated heterocycles. The molecule has 0 aromatic carbocycles. The third-order valence-electron chi connectivity index (χ3n) is 4.75.